The molecular formula is C13H11Cl2NO3. The van der Waals surface area contributed by atoms with Gasteiger partial charge in [0.15, 0.2) is 0 Å². The first-order valence-electron chi connectivity index (χ1n) is 5.63. The third kappa shape index (κ3) is 2.74. The van der Waals surface area contributed by atoms with E-state index in [0.29, 0.717) is 10.7 Å². The second-order valence-corrected chi connectivity index (χ2v) is 5.20. The average Bonchev–Trinajstić information content (AvgIpc) is 2.70. The molecule has 0 spiro atoms. The van der Waals surface area contributed by atoms with Gasteiger partial charge in [0.2, 0.25) is 0 Å². The lowest BCUT2D eigenvalue weighted by atomic mass is 10.1. The van der Waals surface area contributed by atoms with E-state index in [4.69, 9.17) is 27.7 Å². The minimum atomic E-state index is -0.567. The molecule has 0 aliphatic heterocycles. The molecule has 0 aliphatic carbocycles. The molecule has 0 amide bonds. The molecule has 6 heteroatoms. The summed E-state index contributed by atoms with van der Waals surface area (Å²) in [5.74, 6) is -0.519. The number of benzene rings is 1. The lowest BCUT2D eigenvalue weighted by Gasteiger charge is -2.08. The Morgan fingerprint density at radius 3 is 2.53 bits per heavy atom. The molecule has 0 saturated heterocycles. The highest BCUT2D eigenvalue weighted by atomic mass is 35.5. The van der Waals surface area contributed by atoms with E-state index in [1.807, 2.05) is 13.8 Å². The van der Waals surface area contributed by atoms with Gasteiger partial charge >= 0.3 is 5.63 Å². The minimum Gasteiger partial charge on any atom is -0.328 e. The van der Waals surface area contributed by atoms with Crippen molar-refractivity contribution in [2.24, 2.45) is 0 Å². The molecule has 0 aliphatic rings. The van der Waals surface area contributed by atoms with Gasteiger partial charge in [0.25, 0.3) is 5.91 Å². The van der Waals surface area contributed by atoms with Gasteiger partial charge < -0.3 is 4.52 Å². The van der Waals surface area contributed by atoms with Crippen molar-refractivity contribution in [2.75, 3.05) is 0 Å². The monoisotopic (exact) mass is 299 g/mol. The van der Waals surface area contributed by atoms with Crippen LogP contribution >= 0.6 is 23.2 Å². The fourth-order valence-corrected chi connectivity index (χ4v) is 2.17. The smallest absolute Gasteiger partial charge is 0.328 e. The lowest BCUT2D eigenvalue weighted by Crippen LogP contribution is -2.15. The first kappa shape index (κ1) is 13.9. The van der Waals surface area contributed by atoms with Gasteiger partial charge in [0, 0.05) is 11.1 Å². The summed E-state index contributed by atoms with van der Waals surface area (Å²) in [5, 5.41) is 0.642. The van der Waals surface area contributed by atoms with E-state index in [1.165, 1.54) is 18.2 Å². The zero-order chi connectivity index (χ0) is 14.2. The number of aromatic nitrogens is 1. The van der Waals surface area contributed by atoms with Crippen LogP contribution in [0, 0.1) is 0 Å². The predicted octanol–water partition coefficient (Wildman–Crippen LogP) is 3.56. The molecule has 1 aromatic carbocycles. The van der Waals surface area contributed by atoms with Crippen molar-refractivity contribution in [1.82, 2.24) is 4.74 Å². The summed E-state index contributed by atoms with van der Waals surface area (Å²) >= 11 is 11.8. The van der Waals surface area contributed by atoms with Crippen LogP contribution in [0.2, 0.25) is 10.0 Å². The summed E-state index contributed by atoms with van der Waals surface area (Å²) in [5.41, 5.74) is 0.162. The number of carbonyl (C=O) groups excluding carboxylic acids is 1. The quantitative estimate of drug-likeness (QED) is 0.852. The van der Waals surface area contributed by atoms with Gasteiger partial charge in [-0.2, -0.15) is 0 Å². The molecule has 0 N–H and O–H groups in total. The molecule has 0 fully saturated rings. The zero-order valence-corrected chi connectivity index (χ0v) is 11.8. The summed E-state index contributed by atoms with van der Waals surface area (Å²) in [6, 6.07) is 5.81. The molecule has 0 bridgehead atoms. The van der Waals surface area contributed by atoms with Gasteiger partial charge in [-0.1, -0.05) is 37.0 Å². The van der Waals surface area contributed by atoms with Crippen molar-refractivity contribution >= 4 is 29.1 Å². The molecule has 4 nitrogen and oxygen atoms in total. The number of hydrogen-bond acceptors (Lipinski definition) is 3. The first-order chi connectivity index (χ1) is 8.90. The molecule has 2 rings (SSSR count). The highest BCUT2D eigenvalue weighted by molar-refractivity contribution is 6.36. The lowest BCUT2D eigenvalue weighted by molar-refractivity contribution is 0.0829. The van der Waals surface area contributed by atoms with Crippen LogP contribution in [-0.4, -0.2) is 10.6 Å². The average molecular weight is 300 g/mol. The van der Waals surface area contributed by atoms with Gasteiger partial charge in [-0.3, -0.25) is 4.79 Å². The Kier molecular flexibility index (Phi) is 3.83. The van der Waals surface area contributed by atoms with Gasteiger partial charge in [0.1, 0.15) is 0 Å². The van der Waals surface area contributed by atoms with E-state index in [0.717, 1.165) is 4.74 Å². The zero-order valence-electron chi connectivity index (χ0n) is 10.3. The van der Waals surface area contributed by atoms with Crippen LogP contribution in [0.1, 0.15) is 35.8 Å². The van der Waals surface area contributed by atoms with Crippen LogP contribution in [0.15, 0.2) is 33.6 Å². The summed E-state index contributed by atoms with van der Waals surface area (Å²) in [6.45, 7) is 3.72. The van der Waals surface area contributed by atoms with Crippen LogP contribution < -0.4 is 5.63 Å². The number of carbonyl (C=O) groups is 1. The highest BCUT2D eigenvalue weighted by Gasteiger charge is 2.20. The van der Waals surface area contributed by atoms with Crippen LogP contribution in [-0.2, 0) is 0 Å². The summed E-state index contributed by atoms with van der Waals surface area (Å²) in [6.07, 6.45) is 0. The maximum atomic E-state index is 12.3. The first-order valence-corrected chi connectivity index (χ1v) is 6.38. The molecule has 2 aromatic rings. The highest BCUT2D eigenvalue weighted by Crippen LogP contribution is 2.23. The topological polar surface area (TPSA) is 52.2 Å². The maximum absolute atomic E-state index is 12.3. The maximum Gasteiger partial charge on any atom is 0.358 e. The normalized spacial score (nSPS) is 11.0. The molecule has 19 heavy (non-hydrogen) atoms. The van der Waals surface area contributed by atoms with Crippen molar-refractivity contribution in [1.29, 1.82) is 0 Å². The number of halogens is 2. The van der Waals surface area contributed by atoms with Crippen LogP contribution in [0.3, 0.4) is 0 Å². The van der Waals surface area contributed by atoms with Gasteiger partial charge in [-0.25, -0.2) is 4.79 Å². The Hall–Kier alpha value is -1.52. The van der Waals surface area contributed by atoms with E-state index in [-0.39, 0.29) is 16.5 Å². The Bertz CT molecular complexity index is 685. The molecule has 0 unspecified atom stereocenters. The second-order valence-electron chi connectivity index (χ2n) is 4.36. The number of nitrogens with zero attached hydrogens (tertiary/aromatic N) is 1. The van der Waals surface area contributed by atoms with Crippen molar-refractivity contribution in [3.8, 4) is 0 Å². The Morgan fingerprint density at radius 1 is 1.26 bits per heavy atom. The van der Waals surface area contributed by atoms with Gasteiger partial charge in [0.05, 0.1) is 16.3 Å². The molecular weight excluding hydrogens is 289 g/mol. The Labute approximate surface area is 119 Å². The van der Waals surface area contributed by atoms with Crippen LogP contribution in [0.4, 0.5) is 0 Å². The number of rotatable bonds is 2. The Balaban J connectivity index is 2.53. The third-order valence-electron chi connectivity index (χ3n) is 2.62. The molecule has 0 saturated carbocycles. The summed E-state index contributed by atoms with van der Waals surface area (Å²) < 4.78 is 5.87. The molecule has 0 atom stereocenters. The van der Waals surface area contributed by atoms with E-state index < -0.39 is 11.5 Å². The van der Waals surface area contributed by atoms with Gasteiger partial charge in [-0.05, 0) is 24.1 Å². The second kappa shape index (κ2) is 5.23. The number of hydrogen-bond donors (Lipinski definition) is 0. The fraction of sp³-hybridized carbons (Fsp3) is 0.231. The fourth-order valence-electron chi connectivity index (χ4n) is 1.68. The molecule has 0 radical (unpaired) electrons. The van der Waals surface area contributed by atoms with Crippen molar-refractivity contribution in [2.45, 2.75) is 19.8 Å². The minimum absolute atomic E-state index is 0.0264. The predicted molar refractivity (Wildman–Crippen MR) is 73.2 cm³/mol. The SMILES string of the molecule is CC(C)c1cc(=O)on1C(=O)c1ccc(Cl)cc1Cl. The molecule has 100 valence electrons. The van der Waals surface area contributed by atoms with E-state index in [9.17, 15) is 9.59 Å². The molecule has 1 aromatic heterocycles. The Morgan fingerprint density at radius 2 is 1.95 bits per heavy atom. The summed E-state index contributed by atoms with van der Waals surface area (Å²) in [7, 11) is 0. The van der Waals surface area contributed by atoms with Crippen molar-refractivity contribution in [3.05, 3.63) is 56.0 Å². The van der Waals surface area contributed by atoms with Crippen molar-refractivity contribution in [3.63, 3.8) is 0 Å². The van der Waals surface area contributed by atoms with E-state index in [2.05, 4.69) is 0 Å². The van der Waals surface area contributed by atoms with Crippen molar-refractivity contribution < 1.29 is 9.32 Å². The van der Waals surface area contributed by atoms with Crippen LogP contribution in [0.25, 0.3) is 0 Å². The van der Waals surface area contributed by atoms with E-state index >= 15 is 0 Å². The summed E-state index contributed by atoms with van der Waals surface area (Å²) in [4.78, 5) is 23.6. The largest absolute Gasteiger partial charge is 0.358 e. The standard InChI is InChI=1S/C13H11Cl2NO3/c1-7(2)11-6-12(17)19-16(11)13(18)9-4-3-8(14)5-10(9)15/h3-7H,1-2H3. The van der Waals surface area contributed by atoms with Gasteiger partial charge in [-0.15, -0.1) is 4.74 Å². The van der Waals surface area contributed by atoms with Crippen LogP contribution in [0.5, 0.6) is 0 Å². The van der Waals surface area contributed by atoms with E-state index in [1.54, 1.807) is 6.07 Å². The molecule has 1 heterocycles. The third-order valence-corrected chi connectivity index (χ3v) is 3.17.